The molecule has 2 aromatic carbocycles. The van der Waals surface area contributed by atoms with Crippen molar-refractivity contribution >= 4 is 23.2 Å². The maximum atomic E-state index is 12.3. The van der Waals surface area contributed by atoms with E-state index in [0.717, 1.165) is 28.1 Å². The molecular formula is C19H19NO2. The highest BCUT2D eigenvalue weighted by molar-refractivity contribution is 6.35. The van der Waals surface area contributed by atoms with Crippen molar-refractivity contribution in [2.24, 2.45) is 0 Å². The van der Waals surface area contributed by atoms with Crippen molar-refractivity contribution in [2.75, 3.05) is 11.9 Å². The standard InChI is InChI=1S/C19H19NO2/c1-4-22-15-7-8-16-17(19(21)20-18(16)11-15)10-14-9-12(2)5-6-13(14)3/h5-11H,4H2,1-3H3,(H,20,21)/b17-10+. The lowest BCUT2D eigenvalue weighted by Crippen LogP contribution is -2.03. The molecule has 1 aliphatic rings. The van der Waals surface area contributed by atoms with Crippen LogP contribution in [0.2, 0.25) is 0 Å². The van der Waals surface area contributed by atoms with Crippen LogP contribution in [0.3, 0.4) is 0 Å². The van der Waals surface area contributed by atoms with Gasteiger partial charge in [-0.25, -0.2) is 0 Å². The number of benzene rings is 2. The molecule has 1 N–H and O–H groups in total. The van der Waals surface area contributed by atoms with E-state index in [2.05, 4.69) is 37.4 Å². The number of rotatable bonds is 3. The number of amides is 1. The van der Waals surface area contributed by atoms with E-state index < -0.39 is 0 Å². The molecule has 0 fully saturated rings. The molecule has 0 aliphatic carbocycles. The number of hydrogen-bond acceptors (Lipinski definition) is 2. The summed E-state index contributed by atoms with van der Waals surface area (Å²) in [5.41, 5.74) is 5.86. The first-order valence-electron chi connectivity index (χ1n) is 7.46. The minimum Gasteiger partial charge on any atom is -0.494 e. The van der Waals surface area contributed by atoms with E-state index in [-0.39, 0.29) is 5.91 Å². The summed E-state index contributed by atoms with van der Waals surface area (Å²) in [6.45, 7) is 6.66. The molecule has 3 heteroatoms. The third-order valence-corrected chi connectivity index (χ3v) is 3.82. The van der Waals surface area contributed by atoms with Crippen molar-refractivity contribution in [1.29, 1.82) is 0 Å². The molecule has 0 unspecified atom stereocenters. The van der Waals surface area contributed by atoms with Crippen LogP contribution in [0.1, 0.15) is 29.2 Å². The fraction of sp³-hybridized carbons (Fsp3) is 0.211. The first kappa shape index (κ1) is 14.4. The summed E-state index contributed by atoms with van der Waals surface area (Å²) in [5.74, 6) is 0.707. The summed E-state index contributed by atoms with van der Waals surface area (Å²) in [6.07, 6.45) is 1.96. The van der Waals surface area contributed by atoms with Crippen LogP contribution >= 0.6 is 0 Å². The number of carbonyl (C=O) groups excluding carboxylic acids is 1. The van der Waals surface area contributed by atoms with E-state index >= 15 is 0 Å². The molecule has 1 amide bonds. The number of nitrogens with one attached hydrogen (secondary N) is 1. The largest absolute Gasteiger partial charge is 0.494 e. The number of fused-ring (bicyclic) bond motifs is 1. The predicted molar refractivity (Wildman–Crippen MR) is 90.0 cm³/mol. The molecule has 0 spiro atoms. The summed E-state index contributed by atoms with van der Waals surface area (Å²) in [4.78, 5) is 12.3. The summed E-state index contributed by atoms with van der Waals surface area (Å²) >= 11 is 0. The molecule has 0 saturated carbocycles. The van der Waals surface area contributed by atoms with E-state index in [1.54, 1.807) is 0 Å². The van der Waals surface area contributed by atoms with Crippen molar-refractivity contribution in [3.8, 4) is 5.75 Å². The summed E-state index contributed by atoms with van der Waals surface area (Å²) in [7, 11) is 0. The number of carbonyl (C=O) groups is 1. The van der Waals surface area contributed by atoms with Gasteiger partial charge in [0.2, 0.25) is 0 Å². The zero-order chi connectivity index (χ0) is 15.7. The van der Waals surface area contributed by atoms with E-state index in [0.29, 0.717) is 12.2 Å². The maximum absolute atomic E-state index is 12.3. The SMILES string of the molecule is CCOc1ccc2c(c1)NC(=O)/C2=C/c1cc(C)ccc1C. The van der Waals surface area contributed by atoms with Gasteiger partial charge in [-0.2, -0.15) is 0 Å². The molecule has 112 valence electrons. The van der Waals surface area contributed by atoms with E-state index in [1.807, 2.05) is 31.2 Å². The minimum absolute atomic E-state index is 0.0652. The van der Waals surface area contributed by atoms with Gasteiger partial charge in [0.15, 0.2) is 0 Å². The van der Waals surface area contributed by atoms with E-state index in [9.17, 15) is 4.79 Å². The Morgan fingerprint density at radius 3 is 2.73 bits per heavy atom. The van der Waals surface area contributed by atoms with Gasteiger partial charge in [-0.1, -0.05) is 23.8 Å². The Bertz CT molecular complexity index is 775. The van der Waals surface area contributed by atoms with Crippen LogP contribution in [0.15, 0.2) is 36.4 Å². The second kappa shape index (κ2) is 5.68. The Hall–Kier alpha value is -2.55. The summed E-state index contributed by atoms with van der Waals surface area (Å²) in [6, 6.07) is 12.0. The second-order valence-electron chi connectivity index (χ2n) is 5.51. The average Bonchev–Trinajstić information content (AvgIpc) is 2.79. The Kier molecular flexibility index (Phi) is 3.72. The van der Waals surface area contributed by atoms with Crippen molar-refractivity contribution in [1.82, 2.24) is 0 Å². The predicted octanol–water partition coefficient (Wildman–Crippen LogP) is 4.19. The van der Waals surface area contributed by atoms with Gasteiger partial charge in [0, 0.05) is 17.2 Å². The average molecular weight is 293 g/mol. The number of anilines is 1. The molecule has 1 heterocycles. The molecule has 3 rings (SSSR count). The zero-order valence-electron chi connectivity index (χ0n) is 13.1. The lowest BCUT2D eigenvalue weighted by atomic mass is 10.00. The molecule has 0 radical (unpaired) electrons. The lowest BCUT2D eigenvalue weighted by molar-refractivity contribution is -0.110. The molecule has 0 atom stereocenters. The molecule has 22 heavy (non-hydrogen) atoms. The Morgan fingerprint density at radius 1 is 1.14 bits per heavy atom. The van der Waals surface area contributed by atoms with Gasteiger partial charge in [-0.15, -0.1) is 0 Å². The zero-order valence-corrected chi connectivity index (χ0v) is 13.1. The van der Waals surface area contributed by atoms with Crippen LogP contribution in [0.5, 0.6) is 5.75 Å². The fourth-order valence-electron chi connectivity index (χ4n) is 2.64. The van der Waals surface area contributed by atoms with Crippen LogP contribution in [0, 0.1) is 13.8 Å². The van der Waals surface area contributed by atoms with Gasteiger partial charge in [-0.05, 0) is 50.1 Å². The van der Waals surface area contributed by atoms with Crippen molar-refractivity contribution < 1.29 is 9.53 Å². The molecular weight excluding hydrogens is 274 g/mol. The molecule has 1 aliphatic heterocycles. The summed E-state index contributed by atoms with van der Waals surface area (Å²) < 4.78 is 5.48. The van der Waals surface area contributed by atoms with Crippen LogP contribution in [0.4, 0.5) is 5.69 Å². The lowest BCUT2D eigenvalue weighted by Gasteiger charge is -2.06. The van der Waals surface area contributed by atoms with Crippen molar-refractivity contribution in [3.63, 3.8) is 0 Å². The van der Waals surface area contributed by atoms with Gasteiger partial charge in [-0.3, -0.25) is 4.79 Å². The minimum atomic E-state index is -0.0652. The third kappa shape index (κ3) is 2.62. The normalized spacial score (nSPS) is 14.9. The highest BCUT2D eigenvalue weighted by Crippen LogP contribution is 2.36. The first-order chi connectivity index (χ1) is 10.6. The highest BCUT2D eigenvalue weighted by atomic mass is 16.5. The van der Waals surface area contributed by atoms with Crippen LogP contribution in [0.25, 0.3) is 11.6 Å². The molecule has 0 saturated heterocycles. The Labute approximate surface area is 130 Å². The van der Waals surface area contributed by atoms with Crippen LogP contribution in [-0.2, 0) is 4.79 Å². The summed E-state index contributed by atoms with van der Waals surface area (Å²) in [5, 5.41) is 2.91. The van der Waals surface area contributed by atoms with Crippen molar-refractivity contribution in [2.45, 2.75) is 20.8 Å². The fourth-order valence-corrected chi connectivity index (χ4v) is 2.64. The van der Waals surface area contributed by atoms with Gasteiger partial charge in [0.25, 0.3) is 5.91 Å². The molecule has 0 aromatic heterocycles. The third-order valence-electron chi connectivity index (χ3n) is 3.82. The maximum Gasteiger partial charge on any atom is 0.256 e. The second-order valence-corrected chi connectivity index (χ2v) is 5.51. The monoisotopic (exact) mass is 293 g/mol. The van der Waals surface area contributed by atoms with Gasteiger partial charge in [0.05, 0.1) is 12.3 Å². The Morgan fingerprint density at radius 2 is 1.95 bits per heavy atom. The molecule has 2 aromatic rings. The van der Waals surface area contributed by atoms with Crippen LogP contribution in [-0.4, -0.2) is 12.5 Å². The topological polar surface area (TPSA) is 38.3 Å². The molecule has 3 nitrogen and oxygen atoms in total. The van der Waals surface area contributed by atoms with E-state index in [1.165, 1.54) is 5.56 Å². The highest BCUT2D eigenvalue weighted by Gasteiger charge is 2.24. The van der Waals surface area contributed by atoms with Gasteiger partial charge >= 0.3 is 0 Å². The number of ether oxygens (including phenoxy) is 1. The van der Waals surface area contributed by atoms with Crippen LogP contribution < -0.4 is 10.1 Å². The van der Waals surface area contributed by atoms with Gasteiger partial charge < -0.3 is 10.1 Å². The van der Waals surface area contributed by atoms with Crippen molar-refractivity contribution in [3.05, 3.63) is 58.7 Å². The van der Waals surface area contributed by atoms with Gasteiger partial charge in [0.1, 0.15) is 5.75 Å². The first-order valence-corrected chi connectivity index (χ1v) is 7.46. The van der Waals surface area contributed by atoms with E-state index in [4.69, 9.17) is 4.74 Å². The molecule has 0 bridgehead atoms. The Balaban J connectivity index is 2.05. The smallest absolute Gasteiger partial charge is 0.256 e. The number of hydrogen-bond donors (Lipinski definition) is 1. The number of aryl methyl sites for hydroxylation is 2. The quantitative estimate of drug-likeness (QED) is 0.861.